The van der Waals surface area contributed by atoms with E-state index < -0.39 is 11.1 Å². The summed E-state index contributed by atoms with van der Waals surface area (Å²) in [4.78, 5) is 67.1. The molecule has 3 aliphatic rings. The highest BCUT2D eigenvalue weighted by molar-refractivity contribution is 5.39. The van der Waals surface area contributed by atoms with Gasteiger partial charge in [-0.15, -0.1) is 0 Å². The number of hydrogen-bond acceptors (Lipinski definition) is 20. The molecule has 0 N–H and O–H groups in total. The van der Waals surface area contributed by atoms with Crippen molar-refractivity contribution in [2.75, 3.05) is 32.8 Å². The number of carbonyl (C=O) groups excluding carboxylic acids is 5. The van der Waals surface area contributed by atoms with Crippen LogP contribution in [0.5, 0.6) is 0 Å². The third-order valence-corrected chi connectivity index (χ3v) is 13.4. The quantitative estimate of drug-likeness (QED) is 0.0637. The molecule has 0 radical (unpaired) electrons. The molecule has 5 rings (SSSR count). The van der Waals surface area contributed by atoms with E-state index in [2.05, 4.69) is 69.1 Å². The van der Waals surface area contributed by atoms with Crippen molar-refractivity contribution in [2.45, 2.75) is 164 Å². The van der Waals surface area contributed by atoms with Gasteiger partial charge in [0.25, 0.3) is 31.3 Å². The van der Waals surface area contributed by atoms with Crippen LogP contribution in [0.15, 0.2) is 73.5 Å². The van der Waals surface area contributed by atoms with Crippen LogP contribution in [-0.2, 0) is 71.9 Å². The van der Waals surface area contributed by atoms with E-state index >= 15 is 0 Å². The third-order valence-electron chi connectivity index (χ3n) is 13.4. The second-order valence-electron chi connectivity index (χ2n) is 22.5. The fourth-order valence-electron chi connectivity index (χ4n) is 10.2. The summed E-state index contributed by atoms with van der Waals surface area (Å²) in [6, 6.07) is 14.8. The molecule has 3 saturated carbocycles. The van der Waals surface area contributed by atoms with Gasteiger partial charge in [0.15, 0.2) is 0 Å². The summed E-state index contributed by atoms with van der Waals surface area (Å²) in [5.74, 6) is 2.88. The van der Waals surface area contributed by atoms with Crippen LogP contribution in [0.3, 0.4) is 0 Å². The highest BCUT2D eigenvalue weighted by Gasteiger charge is 2.42. The maximum Gasteiger partial charge on any atom is 0.287 e. The number of fused-ring (bicyclic) bond motifs is 2. The highest BCUT2D eigenvalue weighted by Crippen LogP contribution is 2.49. The topological polar surface area (TPSA) is 312 Å². The molecule has 2 aromatic rings. The molecule has 3 aliphatic carbocycles. The van der Waals surface area contributed by atoms with E-state index in [1.165, 1.54) is 43.9 Å². The van der Waals surface area contributed by atoms with Gasteiger partial charge in [0.05, 0.1) is 25.2 Å². The normalized spacial score (nSPS) is 19.0. The van der Waals surface area contributed by atoms with Gasteiger partial charge in [-0.2, -0.15) is 31.3 Å². The smallest absolute Gasteiger partial charge is 0.287 e. The van der Waals surface area contributed by atoms with Crippen molar-refractivity contribution < 1.29 is 47.7 Å². The first-order valence-electron chi connectivity index (χ1n) is 26.0. The predicted octanol–water partition coefficient (Wildman–Crippen LogP) is 11.4. The maximum atomic E-state index is 10.4. The lowest BCUT2D eigenvalue weighted by molar-refractivity contribution is -0.00682. The second-order valence-corrected chi connectivity index (χ2v) is 22.5. The van der Waals surface area contributed by atoms with Crippen molar-refractivity contribution in [1.82, 2.24) is 0 Å². The molecular formula is C59H78N10O10. The van der Waals surface area contributed by atoms with Crippen molar-refractivity contribution >= 4 is 30.4 Å². The molecule has 6 unspecified atom stereocenters. The molecule has 6 atom stereocenters. The SMILES string of the molecule is CC(C)(N=C=O)c1cccc(C(C)(C)OC#N)c1.CC(COC#N)CC(C)(C)CCN=C=O.CC1(C)CC(OC#N)CC(C)(CN=C=O)C1.CCN=C=O.N#COCC1CC2CCC1C2.N#COCc1cccc(CN=C=O)c1. The van der Waals surface area contributed by atoms with E-state index in [9.17, 15) is 19.2 Å². The van der Waals surface area contributed by atoms with Crippen LogP contribution in [0.25, 0.3) is 0 Å². The molecule has 2 bridgehead atoms. The fraction of sp³-hybridized carbons (Fsp3) is 0.627. The average molecular weight is 1090 g/mol. The zero-order valence-electron chi connectivity index (χ0n) is 47.9. The number of hydrogen-bond donors (Lipinski definition) is 0. The summed E-state index contributed by atoms with van der Waals surface area (Å²) in [5.41, 5.74) is 2.32. The minimum absolute atomic E-state index is 0.0550. The summed E-state index contributed by atoms with van der Waals surface area (Å²) in [7, 11) is 0. The minimum atomic E-state index is -0.703. The van der Waals surface area contributed by atoms with Crippen LogP contribution in [0, 0.1) is 97.5 Å². The Morgan fingerprint density at radius 1 is 0.696 bits per heavy atom. The molecule has 2 aromatic carbocycles. The van der Waals surface area contributed by atoms with Gasteiger partial charge in [-0.1, -0.05) is 90.4 Å². The average Bonchev–Trinajstić information content (AvgIpc) is 4.04. The number of aliphatic imine (C=N–C) groups is 5. The van der Waals surface area contributed by atoms with Crippen molar-refractivity contribution in [1.29, 1.82) is 26.3 Å². The Hall–Kier alpha value is -8.21. The van der Waals surface area contributed by atoms with Crippen molar-refractivity contribution in [3.05, 3.63) is 70.8 Å². The van der Waals surface area contributed by atoms with Gasteiger partial charge in [0, 0.05) is 6.54 Å². The molecule has 0 heterocycles. The zero-order valence-corrected chi connectivity index (χ0v) is 47.9. The zero-order chi connectivity index (χ0) is 59.8. The summed E-state index contributed by atoms with van der Waals surface area (Å²) in [6.45, 7) is 25.0. The fourth-order valence-corrected chi connectivity index (χ4v) is 10.2. The number of ether oxygens (including phenoxy) is 5. The number of nitrogens with zero attached hydrogens (tertiary/aromatic N) is 10. The predicted molar refractivity (Wildman–Crippen MR) is 291 cm³/mol. The maximum absolute atomic E-state index is 10.4. The highest BCUT2D eigenvalue weighted by atomic mass is 16.5. The molecule has 0 aliphatic heterocycles. The van der Waals surface area contributed by atoms with E-state index in [4.69, 9.17) is 45.3 Å². The van der Waals surface area contributed by atoms with Gasteiger partial charge >= 0.3 is 0 Å². The lowest BCUT2D eigenvalue weighted by Gasteiger charge is -2.44. The van der Waals surface area contributed by atoms with Crippen molar-refractivity contribution in [3.8, 4) is 31.3 Å². The number of benzene rings is 2. The number of isocyanates is 5. The summed E-state index contributed by atoms with van der Waals surface area (Å²) in [6.07, 6.45) is 25.9. The first-order chi connectivity index (χ1) is 37.4. The Bertz CT molecular complexity index is 2630. The lowest BCUT2D eigenvalue weighted by atomic mass is 9.63. The van der Waals surface area contributed by atoms with Crippen LogP contribution in [0.4, 0.5) is 0 Å². The van der Waals surface area contributed by atoms with E-state index in [0.29, 0.717) is 51.2 Å². The molecular weight excluding hydrogens is 1010 g/mol. The van der Waals surface area contributed by atoms with Gasteiger partial charge in [0.2, 0.25) is 30.4 Å². The molecule has 3 fully saturated rings. The van der Waals surface area contributed by atoms with Crippen molar-refractivity contribution in [2.24, 2.45) is 64.9 Å². The van der Waals surface area contributed by atoms with Crippen LogP contribution in [0.2, 0.25) is 0 Å². The second kappa shape index (κ2) is 38.4. The Morgan fingerprint density at radius 3 is 1.87 bits per heavy atom. The molecule has 79 heavy (non-hydrogen) atoms. The Morgan fingerprint density at radius 2 is 1.33 bits per heavy atom. The van der Waals surface area contributed by atoms with Gasteiger partial charge in [-0.25, -0.2) is 43.9 Å². The van der Waals surface area contributed by atoms with Crippen LogP contribution in [0.1, 0.15) is 156 Å². The monoisotopic (exact) mass is 1090 g/mol. The summed E-state index contributed by atoms with van der Waals surface area (Å²) < 4.78 is 24.1. The first kappa shape index (κ1) is 70.8. The van der Waals surface area contributed by atoms with E-state index in [1.807, 2.05) is 83.1 Å². The van der Waals surface area contributed by atoms with Gasteiger partial charge in [-0.05, 0) is 154 Å². The molecule has 0 saturated heterocycles. The van der Waals surface area contributed by atoms with Gasteiger partial charge in [-0.3, -0.25) is 0 Å². The number of rotatable bonds is 21. The van der Waals surface area contributed by atoms with Crippen molar-refractivity contribution in [3.63, 3.8) is 0 Å². The van der Waals surface area contributed by atoms with E-state index in [0.717, 1.165) is 66.2 Å². The van der Waals surface area contributed by atoms with Crippen LogP contribution >= 0.6 is 0 Å². The Labute approximate surface area is 466 Å². The largest absolute Gasteiger partial charge is 0.427 e. The lowest BCUT2D eigenvalue weighted by Crippen LogP contribution is -2.40. The minimum Gasteiger partial charge on any atom is -0.427 e. The van der Waals surface area contributed by atoms with Crippen LogP contribution < -0.4 is 0 Å². The standard InChI is InChI=1S/C14H16N2O2.C12H18N2O2.C11H18N2O2.C10H8N2O2.C9H13NO.C3H5NO/c1-13(2,16-10-17)11-6-5-7-12(8-11)14(3,4)18-9-15;1-11(2)4-10(16-8-13)5-12(3,6-11)7-14-9-15;1-10(7-15-8-12)6-11(2,3)4-5-13-9-14;11-7-14-6-10-3-1-2-9(4-10)5-12-8-13;10-6-11-5-9-4-7-1-2-8(9)3-7;1-2-4-3-5/h5-8H,1-4H3;10H,4-7H2,1-3H3;10H,4-7H2,1-3H3;1-4H,5-6H2;7-9H,1-5H2;2H2,1H3. The third kappa shape index (κ3) is 31.0. The molecule has 20 nitrogen and oxygen atoms in total. The molecule has 424 valence electrons. The molecule has 0 amide bonds. The Kier molecular flexibility index (Phi) is 34.4. The van der Waals surface area contributed by atoms with E-state index in [-0.39, 0.29) is 29.0 Å². The van der Waals surface area contributed by atoms with E-state index in [1.54, 1.807) is 50.4 Å². The van der Waals surface area contributed by atoms with Gasteiger partial charge < -0.3 is 23.7 Å². The van der Waals surface area contributed by atoms with Crippen LogP contribution in [-0.4, -0.2) is 69.4 Å². The molecule has 0 aromatic heterocycles. The molecule has 0 spiro atoms. The number of nitriles is 5. The summed E-state index contributed by atoms with van der Waals surface area (Å²) in [5, 5.41) is 41.9. The summed E-state index contributed by atoms with van der Waals surface area (Å²) >= 11 is 0. The first-order valence-corrected chi connectivity index (χ1v) is 26.0. The molecule has 20 heteroatoms. The Balaban J connectivity index is 0.000000947. The van der Waals surface area contributed by atoms with Gasteiger partial charge in [0.1, 0.15) is 31.5 Å².